The molecule has 0 aliphatic carbocycles. The third kappa shape index (κ3) is 2.30. The number of benzene rings is 1. The Labute approximate surface area is 122 Å². The zero-order valence-corrected chi connectivity index (χ0v) is 12.0. The number of H-pyrrole nitrogens is 1. The minimum Gasteiger partial charge on any atom is -0.480 e. The van der Waals surface area contributed by atoms with Crippen LogP contribution in [0.15, 0.2) is 24.4 Å². The Kier molecular flexibility index (Phi) is 3.44. The lowest BCUT2D eigenvalue weighted by Crippen LogP contribution is -2.38. The maximum atomic E-state index is 11.4. The number of hydrogen-bond acceptors (Lipinski definition) is 2. The van der Waals surface area contributed by atoms with Gasteiger partial charge in [0.1, 0.15) is 6.04 Å². The Balaban J connectivity index is 1.88. The molecule has 0 spiro atoms. The number of aliphatic carboxylic acids is 1. The zero-order chi connectivity index (χ0) is 14.3. The van der Waals surface area contributed by atoms with Crippen molar-refractivity contribution in [2.24, 2.45) is 5.92 Å². The van der Waals surface area contributed by atoms with Gasteiger partial charge in [-0.25, -0.2) is 0 Å². The van der Waals surface area contributed by atoms with Crippen LogP contribution in [0.3, 0.4) is 0 Å². The highest BCUT2D eigenvalue weighted by Gasteiger charge is 2.36. The molecule has 0 saturated carbocycles. The molecule has 1 aliphatic heterocycles. The van der Waals surface area contributed by atoms with Crippen LogP contribution in [0.25, 0.3) is 10.9 Å². The summed E-state index contributed by atoms with van der Waals surface area (Å²) < 4.78 is 0. The molecule has 3 rings (SSSR count). The number of rotatable bonds is 3. The normalized spacial score (nSPS) is 23.5. The molecule has 2 N–H and O–H groups in total. The first-order valence-corrected chi connectivity index (χ1v) is 7.16. The number of likely N-dealkylation sites (tertiary alicyclic amines) is 1. The first-order valence-electron chi connectivity index (χ1n) is 6.78. The molecule has 2 aromatic rings. The van der Waals surface area contributed by atoms with Gasteiger partial charge in [-0.15, -0.1) is 0 Å². The molecule has 1 aromatic carbocycles. The molecule has 106 valence electrons. The summed E-state index contributed by atoms with van der Waals surface area (Å²) in [4.78, 5) is 16.6. The predicted molar refractivity (Wildman–Crippen MR) is 78.9 cm³/mol. The van der Waals surface area contributed by atoms with E-state index in [0.717, 1.165) is 29.4 Å². The topological polar surface area (TPSA) is 56.3 Å². The first kappa shape index (κ1) is 13.5. The van der Waals surface area contributed by atoms with Gasteiger partial charge in [0.25, 0.3) is 0 Å². The average molecular weight is 293 g/mol. The van der Waals surface area contributed by atoms with Crippen LogP contribution in [0.5, 0.6) is 0 Å². The lowest BCUT2D eigenvalue weighted by molar-refractivity contribution is -0.143. The number of fused-ring (bicyclic) bond motifs is 1. The van der Waals surface area contributed by atoms with Crippen LogP contribution >= 0.6 is 11.6 Å². The summed E-state index contributed by atoms with van der Waals surface area (Å²) in [5, 5.41) is 11.2. The predicted octanol–water partition coefficient (Wildman–Crippen LogP) is 3.12. The maximum absolute atomic E-state index is 11.4. The number of hydrogen-bond donors (Lipinski definition) is 2. The number of aromatic amines is 1. The molecule has 1 aromatic heterocycles. The van der Waals surface area contributed by atoms with Crippen molar-refractivity contribution in [3.63, 3.8) is 0 Å². The van der Waals surface area contributed by atoms with E-state index < -0.39 is 5.97 Å². The van der Waals surface area contributed by atoms with E-state index in [9.17, 15) is 9.90 Å². The summed E-state index contributed by atoms with van der Waals surface area (Å²) in [6, 6.07) is 5.36. The van der Waals surface area contributed by atoms with E-state index in [-0.39, 0.29) is 12.0 Å². The minimum atomic E-state index is -0.724. The number of halogens is 1. The van der Waals surface area contributed by atoms with Crippen molar-refractivity contribution in [3.8, 4) is 0 Å². The van der Waals surface area contributed by atoms with Crippen LogP contribution in [-0.4, -0.2) is 33.5 Å². The quantitative estimate of drug-likeness (QED) is 0.914. The molecule has 20 heavy (non-hydrogen) atoms. The van der Waals surface area contributed by atoms with Crippen molar-refractivity contribution >= 4 is 28.5 Å². The molecule has 1 fully saturated rings. The van der Waals surface area contributed by atoms with Crippen LogP contribution in [0.2, 0.25) is 5.02 Å². The molecule has 0 radical (unpaired) electrons. The Morgan fingerprint density at radius 2 is 2.35 bits per heavy atom. The summed E-state index contributed by atoms with van der Waals surface area (Å²) in [7, 11) is 0. The minimum absolute atomic E-state index is 0.201. The van der Waals surface area contributed by atoms with Crippen molar-refractivity contribution in [2.45, 2.75) is 25.9 Å². The molecule has 4 nitrogen and oxygen atoms in total. The van der Waals surface area contributed by atoms with E-state index in [1.165, 1.54) is 0 Å². The van der Waals surface area contributed by atoms with Gasteiger partial charge in [0.15, 0.2) is 0 Å². The van der Waals surface area contributed by atoms with Crippen molar-refractivity contribution in [1.82, 2.24) is 9.88 Å². The Hall–Kier alpha value is -1.52. The SMILES string of the molecule is CC1CCN(Cc2c[nH]c3cc(Cl)ccc23)C1C(=O)O. The molecule has 2 heterocycles. The fourth-order valence-electron chi connectivity index (χ4n) is 3.11. The van der Waals surface area contributed by atoms with Crippen LogP contribution in [-0.2, 0) is 11.3 Å². The van der Waals surface area contributed by atoms with Gasteiger partial charge in [0.05, 0.1) is 0 Å². The lowest BCUT2D eigenvalue weighted by atomic mass is 10.0. The molecular formula is C15H17ClN2O2. The lowest BCUT2D eigenvalue weighted by Gasteiger charge is -2.22. The molecular weight excluding hydrogens is 276 g/mol. The Bertz CT molecular complexity index is 652. The summed E-state index contributed by atoms with van der Waals surface area (Å²) in [6.07, 6.45) is 2.88. The van der Waals surface area contributed by atoms with Crippen molar-refractivity contribution in [3.05, 3.63) is 35.0 Å². The fraction of sp³-hybridized carbons (Fsp3) is 0.400. The van der Waals surface area contributed by atoms with Gasteiger partial charge in [0.2, 0.25) is 0 Å². The number of carbonyl (C=O) groups is 1. The monoisotopic (exact) mass is 292 g/mol. The Morgan fingerprint density at radius 3 is 3.10 bits per heavy atom. The number of nitrogens with one attached hydrogen (secondary N) is 1. The van der Waals surface area contributed by atoms with E-state index in [4.69, 9.17) is 11.6 Å². The molecule has 0 amide bonds. The second-order valence-electron chi connectivity index (χ2n) is 5.52. The molecule has 1 aliphatic rings. The molecule has 2 unspecified atom stereocenters. The number of aromatic nitrogens is 1. The summed E-state index contributed by atoms with van der Waals surface area (Å²) in [6.45, 7) is 3.50. The highest BCUT2D eigenvalue weighted by molar-refractivity contribution is 6.31. The highest BCUT2D eigenvalue weighted by Crippen LogP contribution is 2.29. The van der Waals surface area contributed by atoms with E-state index in [0.29, 0.717) is 11.6 Å². The van der Waals surface area contributed by atoms with E-state index in [1.54, 1.807) is 0 Å². The van der Waals surface area contributed by atoms with Gasteiger partial charge in [-0.2, -0.15) is 0 Å². The summed E-state index contributed by atoms with van der Waals surface area (Å²) in [5.41, 5.74) is 2.11. The van der Waals surface area contributed by atoms with Crippen molar-refractivity contribution < 1.29 is 9.90 Å². The molecule has 5 heteroatoms. The Morgan fingerprint density at radius 1 is 1.55 bits per heavy atom. The standard InChI is InChI=1S/C15H17ClN2O2/c1-9-4-5-18(14(9)15(19)20)8-10-7-17-13-6-11(16)2-3-12(10)13/h2-3,6-7,9,14,17H,4-5,8H2,1H3,(H,19,20). The van der Waals surface area contributed by atoms with Crippen molar-refractivity contribution in [2.75, 3.05) is 6.54 Å². The third-order valence-corrected chi connectivity index (χ3v) is 4.40. The smallest absolute Gasteiger partial charge is 0.321 e. The zero-order valence-electron chi connectivity index (χ0n) is 11.3. The van der Waals surface area contributed by atoms with Gasteiger partial charge in [0, 0.05) is 28.7 Å². The van der Waals surface area contributed by atoms with Crippen LogP contribution in [0, 0.1) is 5.92 Å². The van der Waals surface area contributed by atoms with Gasteiger partial charge >= 0.3 is 5.97 Å². The van der Waals surface area contributed by atoms with E-state index >= 15 is 0 Å². The maximum Gasteiger partial charge on any atom is 0.321 e. The van der Waals surface area contributed by atoms with Gasteiger partial charge < -0.3 is 10.1 Å². The van der Waals surface area contributed by atoms with E-state index in [1.807, 2.05) is 36.2 Å². The molecule has 1 saturated heterocycles. The van der Waals surface area contributed by atoms with E-state index in [2.05, 4.69) is 4.98 Å². The summed E-state index contributed by atoms with van der Waals surface area (Å²) >= 11 is 5.97. The van der Waals surface area contributed by atoms with Crippen molar-refractivity contribution in [1.29, 1.82) is 0 Å². The molecule has 2 atom stereocenters. The average Bonchev–Trinajstić information content (AvgIpc) is 2.94. The van der Waals surface area contributed by atoms with Gasteiger partial charge in [-0.1, -0.05) is 24.6 Å². The number of nitrogens with zero attached hydrogens (tertiary/aromatic N) is 1. The summed E-state index contributed by atoms with van der Waals surface area (Å²) in [5.74, 6) is -0.523. The fourth-order valence-corrected chi connectivity index (χ4v) is 3.28. The highest BCUT2D eigenvalue weighted by atomic mass is 35.5. The molecule has 0 bridgehead atoms. The van der Waals surface area contributed by atoms with Crippen LogP contribution < -0.4 is 0 Å². The van der Waals surface area contributed by atoms with Crippen LogP contribution in [0.1, 0.15) is 18.9 Å². The first-order chi connectivity index (χ1) is 9.56. The third-order valence-electron chi connectivity index (χ3n) is 4.16. The number of carboxylic acid groups (broad SMARTS) is 1. The second-order valence-corrected chi connectivity index (χ2v) is 5.96. The second kappa shape index (κ2) is 5.11. The van der Waals surface area contributed by atoms with Gasteiger partial charge in [-0.05, 0) is 36.6 Å². The number of carboxylic acids is 1. The largest absolute Gasteiger partial charge is 0.480 e. The van der Waals surface area contributed by atoms with Gasteiger partial charge in [-0.3, -0.25) is 9.69 Å². The van der Waals surface area contributed by atoms with Crippen LogP contribution in [0.4, 0.5) is 0 Å².